The first-order valence-electron chi connectivity index (χ1n) is 10.2. The van der Waals surface area contributed by atoms with Gasteiger partial charge in [0.1, 0.15) is 18.0 Å². The molecule has 0 aliphatic rings. The van der Waals surface area contributed by atoms with Gasteiger partial charge in [-0.25, -0.2) is 8.42 Å². The number of aryl methyl sites for hydroxylation is 1. The summed E-state index contributed by atoms with van der Waals surface area (Å²) in [6.07, 6.45) is 1.69. The first-order valence-corrected chi connectivity index (χ1v) is 12.1. The van der Waals surface area contributed by atoms with Gasteiger partial charge in [-0.05, 0) is 56.5 Å². The number of sulfonamides is 1. The van der Waals surface area contributed by atoms with E-state index in [4.69, 9.17) is 9.47 Å². The van der Waals surface area contributed by atoms with Crippen LogP contribution in [0.3, 0.4) is 0 Å². The normalized spacial score (nSPS) is 12.4. The first kappa shape index (κ1) is 24.5. The highest BCUT2D eigenvalue weighted by molar-refractivity contribution is 7.92. The van der Waals surface area contributed by atoms with Gasteiger partial charge in [0.2, 0.25) is 15.9 Å². The summed E-state index contributed by atoms with van der Waals surface area (Å²) in [5, 5.41) is 2.95. The Morgan fingerprint density at radius 3 is 2.42 bits per heavy atom. The first-order chi connectivity index (χ1) is 14.5. The van der Waals surface area contributed by atoms with Crippen molar-refractivity contribution in [1.82, 2.24) is 5.32 Å². The molecule has 0 saturated carbocycles. The topological polar surface area (TPSA) is 84.9 Å². The van der Waals surface area contributed by atoms with Gasteiger partial charge in [0, 0.05) is 6.07 Å². The summed E-state index contributed by atoms with van der Waals surface area (Å²) >= 11 is 0. The second-order valence-electron chi connectivity index (χ2n) is 7.69. The molecule has 0 spiro atoms. The van der Waals surface area contributed by atoms with E-state index in [1.165, 1.54) is 0 Å². The molecule has 0 aromatic heterocycles. The number of hydrogen-bond acceptors (Lipinski definition) is 5. The van der Waals surface area contributed by atoms with Gasteiger partial charge in [-0.15, -0.1) is 0 Å². The maximum atomic E-state index is 12.8. The summed E-state index contributed by atoms with van der Waals surface area (Å²) in [6, 6.07) is 12.2. The number of carbonyl (C=O) groups is 1. The second-order valence-corrected chi connectivity index (χ2v) is 9.60. The maximum Gasteiger partial charge on any atom is 0.241 e. The summed E-state index contributed by atoms with van der Waals surface area (Å²) in [5.74, 6) is 0.930. The van der Waals surface area contributed by atoms with Crippen molar-refractivity contribution in [3.05, 3.63) is 53.6 Å². The molecule has 2 aromatic carbocycles. The highest BCUT2D eigenvalue weighted by Gasteiger charge is 2.23. The quantitative estimate of drug-likeness (QED) is 0.597. The third kappa shape index (κ3) is 6.89. The molecule has 0 saturated heterocycles. The number of anilines is 1. The molecular weight excluding hydrogens is 416 g/mol. The molecule has 8 heteroatoms. The van der Waals surface area contributed by atoms with E-state index >= 15 is 0 Å². The molecule has 2 aromatic rings. The van der Waals surface area contributed by atoms with Gasteiger partial charge < -0.3 is 14.8 Å². The van der Waals surface area contributed by atoms with Crippen LogP contribution in [0, 0.1) is 6.92 Å². The van der Waals surface area contributed by atoms with E-state index in [0.29, 0.717) is 17.9 Å². The number of hydrogen-bond donors (Lipinski definition) is 1. The van der Waals surface area contributed by atoms with E-state index in [1.807, 2.05) is 45.9 Å². The Hall–Kier alpha value is -2.74. The number of nitrogens with one attached hydrogen (secondary N) is 1. The van der Waals surface area contributed by atoms with Crippen LogP contribution in [-0.4, -0.2) is 40.3 Å². The van der Waals surface area contributed by atoms with Crippen LogP contribution in [0.25, 0.3) is 0 Å². The standard InChI is InChI=1S/C23H32N2O5S/c1-7-21(18-11-12-22(29-5)17(4)13-18)24-23(26)15-25(31(6,27)28)19-9-8-10-20(14-19)30-16(2)3/h8-14,16,21H,7,15H2,1-6H3,(H,24,26)/t21-/m1/s1. The van der Waals surface area contributed by atoms with Gasteiger partial charge in [0.15, 0.2) is 0 Å². The van der Waals surface area contributed by atoms with Crippen LogP contribution in [0.2, 0.25) is 0 Å². The van der Waals surface area contributed by atoms with E-state index in [9.17, 15) is 13.2 Å². The van der Waals surface area contributed by atoms with Crippen LogP contribution in [0.1, 0.15) is 44.4 Å². The average molecular weight is 449 g/mol. The number of benzene rings is 2. The third-order valence-electron chi connectivity index (χ3n) is 4.73. The van der Waals surface area contributed by atoms with Crippen molar-refractivity contribution in [2.45, 2.75) is 46.3 Å². The minimum Gasteiger partial charge on any atom is -0.496 e. The van der Waals surface area contributed by atoms with Crippen molar-refractivity contribution in [1.29, 1.82) is 0 Å². The minimum atomic E-state index is -3.68. The summed E-state index contributed by atoms with van der Waals surface area (Å²) in [6.45, 7) is 7.36. The van der Waals surface area contributed by atoms with E-state index in [1.54, 1.807) is 31.4 Å². The fraction of sp³-hybridized carbons (Fsp3) is 0.435. The average Bonchev–Trinajstić information content (AvgIpc) is 2.69. The molecule has 0 bridgehead atoms. The van der Waals surface area contributed by atoms with Crippen molar-refractivity contribution >= 4 is 21.6 Å². The third-order valence-corrected chi connectivity index (χ3v) is 5.87. The smallest absolute Gasteiger partial charge is 0.241 e. The molecule has 1 N–H and O–H groups in total. The van der Waals surface area contributed by atoms with Crippen molar-refractivity contribution in [3.8, 4) is 11.5 Å². The monoisotopic (exact) mass is 448 g/mol. The molecular formula is C23H32N2O5S. The lowest BCUT2D eigenvalue weighted by atomic mass is 10.0. The largest absolute Gasteiger partial charge is 0.496 e. The molecule has 0 aliphatic heterocycles. The molecule has 31 heavy (non-hydrogen) atoms. The fourth-order valence-corrected chi connectivity index (χ4v) is 4.14. The molecule has 2 rings (SSSR count). The summed E-state index contributed by atoms with van der Waals surface area (Å²) < 4.78 is 36.9. The lowest BCUT2D eigenvalue weighted by Gasteiger charge is -2.25. The number of amides is 1. The Morgan fingerprint density at radius 1 is 1.16 bits per heavy atom. The zero-order chi connectivity index (χ0) is 23.2. The second kappa shape index (κ2) is 10.5. The Labute approximate surface area is 185 Å². The molecule has 1 atom stereocenters. The summed E-state index contributed by atoms with van der Waals surface area (Å²) in [7, 11) is -2.07. The Morgan fingerprint density at radius 2 is 1.87 bits per heavy atom. The maximum absolute atomic E-state index is 12.8. The van der Waals surface area contributed by atoms with Crippen molar-refractivity contribution < 1.29 is 22.7 Å². The van der Waals surface area contributed by atoms with Gasteiger partial charge in [-0.2, -0.15) is 0 Å². The minimum absolute atomic E-state index is 0.0523. The predicted octanol–water partition coefficient (Wildman–Crippen LogP) is 3.82. The SMILES string of the molecule is CC[C@@H](NC(=O)CN(c1cccc(OC(C)C)c1)S(C)(=O)=O)c1ccc(OC)c(C)c1. The molecule has 0 unspecified atom stereocenters. The van der Waals surface area contributed by atoms with Gasteiger partial charge in [-0.1, -0.05) is 25.1 Å². The Kier molecular flexibility index (Phi) is 8.33. The lowest BCUT2D eigenvalue weighted by molar-refractivity contribution is -0.120. The fourth-order valence-electron chi connectivity index (χ4n) is 3.29. The molecule has 1 amide bonds. The van der Waals surface area contributed by atoms with Crippen molar-refractivity contribution in [2.75, 3.05) is 24.2 Å². The molecule has 170 valence electrons. The van der Waals surface area contributed by atoms with Gasteiger partial charge in [0.25, 0.3) is 0 Å². The molecule has 0 radical (unpaired) electrons. The molecule has 7 nitrogen and oxygen atoms in total. The van der Waals surface area contributed by atoms with E-state index in [-0.39, 0.29) is 24.6 Å². The van der Waals surface area contributed by atoms with Gasteiger partial charge in [0.05, 0.1) is 31.2 Å². The predicted molar refractivity (Wildman–Crippen MR) is 123 cm³/mol. The number of methoxy groups -OCH3 is 1. The molecule has 0 heterocycles. The van der Waals surface area contributed by atoms with Crippen LogP contribution in [0.4, 0.5) is 5.69 Å². The lowest BCUT2D eigenvalue weighted by Crippen LogP contribution is -2.41. The van der Waals surface area contributed by atoms with Crippen LogP contribution in [0.15, 0.2) is 42.5 Å². The van der Waals surface area contributed by atoms with E-state index in [2.05, 4.69) is 5.32 Å². The van der Waals surface area contributed by atoms with Gasteiger partial charge in [-0.3, -0.25) is 9.10 Å². The number of carbonyl (C=O) groups excluding carboxylic acids is 1. The van der Waals surface area contributed by atoms with Crippen molar-refractivity contribution in [3.63, 3.8) is 0 Å². The van der Waals surface area contributed by atoms with Crippen LogP contribution in [0.5, 0.6) is 11.5 Å². The van der Waals surface area contributed by atoms with E-state index in [0.717, 1.165) is 27.4 Å². The number of ether oxygens (including phenoxy) is 2. The zero-order valence-corrected chi connectivity index (χ0v) is 19.8. The highest BCUT2D eigenvalue weighted by Crippen LogP contribution is 2.26. The molecule has 0 fully saturated rings. The zero-order valence-electron chi connectivity index (χ0n) is 19.0. The van der Waals surface area contributed by atoms with Crippen LogP contribution < -0.4 is 19.1 Å². The Bertz CT molecular complexity index is 1000. The van der Waals surface area contributed by atoms with Crippen LogP contribution >= 0.6 is 0 Å². The number of rotatable bonds is 10. The molecule has 0 aliphatic carbocycles. The Balaban J connectivity index is 2.22. The number of nitrogens with zero attached hydrogens (tertiary/aromatic N) is 1. The highest BCUT2D eigenvalue weighted by atomic mass is 32.2. The van der Waals surface area contributed by atoms with Crippen LogP contribution in [-0.2, 0) is 14.8 Å². The van der Waals surface area contributed by atoms with E-state index < -0.39 is 10.0 Å². The summed E-state index contributed by atoms with van der Waals surface area (Å²) in [5.41, 5.74) is 2.28. The van der Waals surface area contributed by atoms with Gasteiger partial charge >= 0.3 is 0 Å². The van der Waals surface area contributed by atoms with Crippen molar-refractivity contribution in [2.24, 2.45) is 0 Å². The summed E-state index contributed by atoms with van der Waals surface area (Å²) in [4.78, 5) is 12.8.